The summed E-state index contributed by atoms with van der Waals surface area (Å²) in [6.45, 7) is 5.85. The maximum Gasteiger partial charge on any atom is 0.335 e. The number of aryl methyl sites for hydroxylation is 1. The fraction of sp³-hybridized carbons (Fsp3) is 0.500. The Kier molecular flexibility index (Phi) is 4.50. The first-order valence-corrected chi connectivity index (χ1v) is 7.33. The molecule has 1 aliphatic rings. The number of piperidine rings is 1. The lowest BCUT2D eigenvalue weighted by Crippen LogP contribution is -2.49. The van der Waals surface area contributed by atoms with Crippen molar-refractivity contribution in [3.8, 4) is 0 Å². The van der Waals surface area contributed by atoms with Gasteiger partial charge in [-0.25, -0.2) is 9.59 Å². The average Bonchev–Trinajstić information content (AvgIpc) is 2.37. The van der Waals surface area contributed by atoms with Crippen molar-refractivity contribution in [1.29, 1.82) is 0 Å². The Bertz CT molecular complexity index is 546. The molecule has 1 saturated heterocycles. The van der Waals surface area contributed by atoms with E-state index in [-0.39, 0.29) is 23.7 Å². The summed E-state index contributed by atoms with van der Waals surface area (Å²) >= 11 is 0. The minimum Gasteiger partial charge on any atom is -0.478 e. The minimum atomic E-state index is -0.955. The predicted molar refractivity (Wildman–Crippen MR) is 81.8 cm³/mol. The van der Waals surface area contributed by atoms with Crippen LogP contribution in [0.2, 0.25) is 0 Å². The Hall–Kier alpha value is -2.04. The van der Waals surface area contributed by atoms with E-state index in [2.05, 4.69) is 19.2 Å². The number of benzene rings is 1. The van der Waals surface area contributed by atoms with Gasteiger partial charge in [0, 0.05) is 17.8 Å². The van der Waals surface area contributed by atoms with Gasteiger partial charge in [-0.2, -0.15) is 0 Å². The van der Waals surface area contributed by atoms with E-state index in [4.69, 9.17) is 5.11 Å². The van der Waals surface area contributed by atoms with Gasteiger partial charge in [0.05, 0.1) is 5.56 Å². The summed E-state index contributed by atoms with van der Waals surface area (Å²) in [5.74, 6) is -0.955. The summed E-state index contributed by atoms with van der Waals surface area (Å²) in [5.41, 5.74) is 1.53. The Morgan fingerprint density at radius 2 is 1.86 bits per heavy atom. The van der Waals surface area contributed by atoms with Gasteiger partial charge in [-0.3, -0.25) is 0 Å². The number of carboxylic acids is 1. The van der Waals surface area contributed by atoms with Gasteiger partial charge in [0.15, 0.2) is 0 Å². The van der Waals surface area contributed by atoms with E-state index in [1.807, 2.05) is 4.90 Å². The number of likely N-dealkylation sites (tertiary alicyclic amines) is 1. The normalized spacial score (nSPS) is 22.0. The Morgan fingerprint density at radius 1 is 1.24 bits per heavy atom. The third-order valence-corrected chi connectivity index (χ3v) is 4.14. The molecular weight excluding hydrogens is 268 g/mol. The molecule has 1 aromatic carbocycles. The SMILES string of the molecule is Cc1cc(NC(=O)N2[C@H](C)CCC[C@@H]2C)ccc1C(=O)O. The molecule has 1 aromatic rings. The second-order valence-corrected chi connectivity index (χ2v) is 5.80. The lowest BCUT2D eigenvalue weighted by molar-refractivity contribution is 0.0696. The highest BCUT2D eigenvalue weighted by Crippen LogP contribution is 2.24. The molecule has 0 unspecified atom stereocenters. The van der Waals surface area contributed by atoms with Crippen molar-refractivity contribution in [3.05, 3.63) is 29.3 Å². The number of urea groups is 1. The van der Waals surface area contributed by atoms with Crippen LogP contribution in [0.5, 0.6) is 0 Å². The number of amides is 2. The van der Waals surface area contributed by atoms with Crippen molar-refractivity contribution in [2.75, 3.05) is 5.32 Å². The van der Waals surface area contributed by atoms with Gasteiger partial charge in [0.25, 0.3) is 0 Å². The lowest BCUT2D eigenvalue weighted by Gasteiger charge is -2.38. The topological polar surface area (TPSA) is 69.6 Å². The van der Waals surface area contributed by atoms with Gasteiger partial charge < -0.3 is 15.3 Å². The first kappa shape index (κ1) is 15.4. The molecule has 1 fully saturated rings. The molecule has 2 atom stereocenters. The van der Waals surface area contributed by atoms with Crippen LogP contribution in [0.4, 0.5) is 10.5 Å². The summed E-state index contributed by atoms with van der Waals surface area (Å²) < 4.78 is 0. The van der Waals surface area contributed by atoms with Gasteiger partial charge in [0.2, 0.25) is 0 Å². The van der Waals surface area contributed by atoms with Crippen molar-refractivity contribution >= 4 is 17.7 Å². The van der Waals surface area contributed by atoms with Crippen molar-refractivity contribution in [2.45, 2.75) is 52.1 Å². The van der Waals surface area contributed by atoms with Gasteiger partial charge in [-0.15, -0.1) is 0 Å². The molecule has 0 bridgehead atoms. The summed E-state index contributed by atoms with van der Waals surface area (Å²) in [6, 6.07) is 5.20. The lowest BCUT2D eigenvalue weighted by atomic mass is 9.98. The first-order valence-electron chi connectivity index (χ1n) is 7.33. The molecule has 2 amide bonds. The standard InChI is InChI=1S/C16H22N2O3/c1-10-9-13(7-8-14(10)15(19)20)17-16(21)18-11(2)5-4-6-12(18)3/h7-9,11-12H,4-6H2,1-3H3,(H,17,21)(H,19,20)/t11-,12+. The molecule has 0 aromatic heterocycles. The Morgan fingerprint density at radius 3 is 2.38 bits per heavy atom. The number of nitrogens with zero attached hydrogens (tertiary/aromatic N) is 1. The number of carbonyl (C=O) groups excluding carboxylic acids is 1. The molecule has 2 rings (SSSR count). The molecule has 0 spiro atoms. The zero-order valence-electron chi connectivity index (χ0n) is 12.7. The van der Waals surface area contributed by atoms with Crippen molar-refractivity contribution < 1.29 is 14.7 Å². The molecule has 0 aliphatic carbocycles. The third-order valence-electron chi connectivity index (χ3n) is 4.14. The van der Waals surface area contributed by atoms with Crippen LogP contribution in [0.1, 0.15) is 49.0 Å². The maximum absolute atomic E-state index is 12.4. The first-order chi connectivity index (χ1) is 9.90. The third kappa shape index (κ3) is 3.35. The Labute approximate surface area is 125 Å². The molecule has 1 aliphatic heterocycles. The second kappa shape index (κ2) is 6.16. The van der Waals surface area contributed by atoms with E-state index in [1.165, 1.54) is 6.07 Å². The summed E-state index contributed by atoms with van der Waals surface area (Å²) in [5, 5.41) is 11.9. The van der Waals surface area contributed by atoms with Crippen molar-refractivity contribution in [3.63, 3.8) is 0 Å². The van der Waals surface area contributed by atoms with E-state index in [0.29, 0.717) is 11.3 Å². The number of carboxylic acid groups (broad SMARTS) is 1. The summed E-state index contributed by atoms with van der Waals surface area (Å²) in [7, 11) is 0. The van der Waals surface area contributed by atoms with Crippen LogP contribution < -0.4 is 5.32 Å². The van der Waals surface area contributed by atoms with Gasteiger partial charge in [-0.05, 0) is 63.8 Å². The monoisotopic (exact) mass is 290 g/mol. The zero-order chi connectivity index (χ0) is 15.6. The van der Waals surface area contributed by atoms with Crippen LogP contribution in [0.25, 0.3) is 0 Å². The molecule has 0 radical (unpaired) electrons. The fourth-order valence-electron chi connectivity index (χ4n) is 2.99. The Balaban J connectivity index is 2.12. The fourth-order valence-corrected chi connectivity index (χ4v) is 2.99. The highest BCUT2D eigenvalue weighted by Gasteiger charge is 2.28. The molecule has 0 saturated carbocycles. The molecule has 1 heterocycles. The summed E-state index contributed by atoms with van der Waals surface area (Å²) in [6.07, 6.45) is 3.20. The zero-order valence-corrected chi connectivity index (χ0v) is 12.7. The highest BCUT2D eigenvalue weighted by molar-refractivity contribution is 5.93. The number of nitrogens with one attached hydrogen (secondary N) is 1. The number of hydrogen-bond donors (Lipinski definition) is 2. The molecular formula is C16H22N2O3. The van der Waals surface area contributed by atoms with E-state index < -0.39 is 5.97 Å². The maximum atomic E-state index is 12.4. The van der Waals surface area contributed by atoms with E-state index in [1.54, 1.807) is 19.1 Å². The molecule has 21 heavy (non-hydrogen) atoms. The van der Waals surface area contributed by atoms with Crippen LogP contribution in [0.15, 0.2) is 18.2 Å². The highest BCUT2D eigenvalue weighted by atomic mass is 16.4. The summed E-state index contributed by atoms with van der Waals surface area (Å²) in [4.78, 5) is 25.3. The number of aromatic carboxylic acids is 1. The number of anilines is 1. The number of hydrogen-bond acceptors (Lipinski definition) is 2. The van der Waals surface area contributed by atoms with Crippen LogP contribution in [-0.2, 0) is 0 Å². The van der Waals surface area contributed by atoms with Gasteiger partial charge in [-0.1, -0.05) is 0 Å². The second-order valence-electron chi connectivity index (χ2n) is 5.80. The van der Waals surface area contributed by atoms with Crippen LogP contribution in [0, 0.1) is 6.92 Å². The number of rotatable bonds is 2. The minimum absolute atomic E-state index is 0.114. The van der Waals surface area contributed by atoms with Crippen LogP contribution in [-0.4, -0.2) is 34.1 Å². The quantitative estimate of drug-likeness (QED) is 0.876. The predicted octanol–water partition coefficient (Wildman–Crippen LogP) is 3.49. The van der Waals surface area contributed by atoms with E-state index in [0.717, 1.165) is 19.3 Å². The van der Waals surface area contributed by atoms with Gasteiger partial charge in [0.1, 0.15) is 0 Å². The number of carbonyl (C=O) groups is 2. The smallest absolute Gasteiger partial charge is 0.335 e. The largest absolute Gasteiger partial charge is 0.478 e. The average molecular weight is 290 g/mol. The van der Waals surface area contributed by atoms with E-state index >= 15 is 0 Å². The van der Waals surface area contributed by atoms with Gasteiger partial charge >= 0.3 is 12.0 Å². The van der Waals surface area contributed by atoms with Crippen molar-refractivity contribution in [2.24, 2.45) is 0 Å². The van der Waals surface area contributed by atoms with Crippen LogP contribution >= 0.6 is 0 Å². The van der Waals surface area contributed by atoms with Crippen LogP contribution in [0.3, 0.4) is 0 Å². The molecule has 2 N–H and O–H groups in total. The van der Waals surface area contributed by atoms with E-state index in [9.17, 15) is 9.59 Å². The molecule has 5 nitrogen and oxygen atoms in total. The molecule has 114 valence electrons. The molecule has 5 heteroatoms. The van der Waals surface area contributed by atoms with Crippen molar-refractivity contribution in [1.82, 2.24) is 4.90 Å².